The minimum Gasteiger partial charge on any atom is -1.00 e. The zero-order valence-electron chi connectivity index (χ0n) is 21.5. The standard InChI is InChI=1S/C22H34O7S.Ba.2H/c1-7-9-11-21(3,4)28-19(23)16-13-17(15-18(14-16)30(25,26)27)20(24)29-22(5,6)12-10-8-2;;;/h13-15H,7-12H2,1-6H3,(H,25,26,27);;;/q;+2;2*-1. The summed E-state index contributed by atoms with van der Waals surface area (Å²) in [6.07, 6.45) is 4.85. The van der Waals surface area contributed by atoms with Crippen LogP contribution in [0, 0.1) is 0 Å². The van der Waals surface area contributed by atoms with Crippen LogP contribution in [-0.4, -0.2) is 85.0 Å². The quantitative estimate of drug-likeness (QED) is 0.222. The number of esters is 2. The van der Waals surface area contributed by atoms with E-state index in [9.17, 15) is 22.6 Å². The molecule has 0 amide bonds. The van der Waals surface area contributed by atoms with Gasteiger partial charge in [0.05, 0.1) is 16.0 Å². The van der Waals surface area contributed by atoms with Crippen LogP contribution < -0.4 is 0 Å². The van der Waals surface area contributed by atoms with Crippen molar-refractivity contribution in [2.75, 3.05) is 0 Å². The minimum absolute atomic E-state index is 0. The monoisotopic (exact) mass is 582 g/mol. The van der Waals surface area contributed by atoms with Crippen molar-refractivity contribution in [1.82, 2.24) is 0 Å². The number of hydrogen-bond donors (Lipinski definition) is 1. The third-order valence-corrected chi connectivity index (χ3v) is 5.51. The van der Waals surface area contributed by atoms with E-state index in [4.69, 9.17) is 9.47 Å². The molecule has 1 rings (SSSR count). The van der Waals surface area contributed by atoms with E-state index in [1.54, 1.807) is 27.7 Å². The predicted octanol–water partition coefficient (Wildman–Crippen LogP) is 5.03. The summed E-state index contributed by atoms with van der Waals surface area (Å²) >= 11 is 0. The summed E-state index contributed by atoms with van der Waals surface area (Å²) < 4.78 is 43.9. The summed E-state index contributed by atoms with van der Waals surface area (Å²) in [7, 11) is -4.65. The number of carbonyl (C=O) groups excluding carboxylic acids is 2. The molecule has 9 heteroatoms. The fourth-order valence-corrected chi connectivity index (χ4v) is 3.46. The van der Waals surface area contributed by atoms with E-state index in [2.05, 4.69) is 0 Å². The van der Waals surface area contributed by atoms with Crippen LogP contribution in [0.15, 0.2) is 23.1 Å². The molecule has 0 fully saturated rings. The molecule has 0 saturated carbocycles. The normalized spacial score (nSPS) is 12.1. The second kappa shape index (κ2) is 12.8. The molecule has 0 bridgehead atoms. The molecule has 0 aliphatic rings. The number of hydrogen-bond acceptors (Lipinski definition) is 6. The Balaban J connectivity index is -0.00000300. The summed E-state index contributed by atoms with van der Waals surface area (Å²) in [5.74, 6) is -1.55. The van der Waals surface area contributed by atoms with E-state index >= 15 is 0 Å². The van der Waals surface area contributed by atoms with Crippen molar-refractivity contribution in [3.63, 3.8) is 0 Å². The smallest absolute Gasteiger partial charge is 1.00 e. The summed E-state index contributed by atoms with van der Waals surface area (Å²) in [5.41, 5.74) is -1.81. The van der Waals surface area contributed by atoms with Crippen molar-refractivity contribution in [1.29, 1.82) is 0 Å². The molecule has 0 spiro atoms. The van der Waals surface area contributed by atoms with Crippen LogP contribution >= 0.6 is 0 Å². The Morgan fingerprint density at radius 1 is 0.871 bits per heavy atom. The zero-order valence-corrected chi connectivity index (χ0v) is 24.7. The summed E-state index contributed by atoms with van der Waals surface area (Å²) in [5, 5.41) is 0. The third-order valence-electron chi connectivity index (χ3n) is 4.68. The van der Waals surface area contributed by atoms with Crippen molar-refractivity contribution in [2.24, 2.45) is 0 Å². The molecule has 0 radical (unpaired) electrons. The van der Waals surface area contributed by atoms with Crippen molar-refractivity contribution in [3.8, 4) is 0 Å². The maximum atomic E-state index is 12.7. The summed E-state index contributed by atoms with van der Waals surface area (Å²) in [6, 6.07) is 3.21. The first kappa shape index (κ1) is 30.6. The van der Waals surface area contributed by atoms with E-state index in [-0.39, 0.29) is 62.9 Å². The van der Waals surface area contributed by atoms with Gasteiger partial charge in [0.25, 0.3) is 10.1 Å². The van der Waals surface area contributed by atoms with Gasteiger partial charge in [-0.2, -0.15) is 8.42 Å². The molecular weight excluding hydrogens is 546 g/mol. The molecule has 0 heterocycles. The maximum absolute atomic E-state index is 12.7. The summed E-state index contributed by atoms with van der Waals surface area (Å²) in [4.78, 5) is 24.7. The van der Waals surface area contributed by atoms with Crippen LogP contribution in [-0.2, 0) is 19.6 Å². The first-order chi connectivity index (χ1) is 13.7. The first-order valence-electron chi connectivity index (χ1n) is 10.3. The third kappa shape index (κ3) is 10.9. The molecule has 0 aliphatic carbocycles. The van der Waals surface area contributed by atoms with E-state index in [1.807, 2.05) is 13.8 Å². The van der Waals surface area contributed by atoms with Crippen molar-refractivity contribution >= 4 is 70.9 Å². The van der Waals surface area contributed by atoms with Gasteiger partial charge in [-0.15, -0.1) is 0 Å². The fourth-order valence-electron chi connectivity index (χ4n) is 2.91. The number of carbonyl (C=O) groups is 2. The molecule has 0 atom stereocenters. The molecule has 0 saturated heterocycles. The Kier molecular flexibility index (Phi) is 12.6. The molecule has 7 nitrogen and oxygen atoms in total. The molecule has 31 heavy (non-hydrogen) atoms. The van der Waals surface area contributed by atoms with Crippen molar-refractivity contribution < 1.29 is 34.9 Å². The molecule has 174 valence electrons. The van der Waals surface area contributed by atoms with Gasteiger partial charge in [0.15, 0.2) is 0 Å². The van der Waals surface area contributed by atoms with E-state index in [0.717, 1.165) is 37.8 Å². The van der Waals surface area contributed by atoms with E-state index < -0.39 is 38.2 Å². The first-order valence-corrected chi connectivity index (χ1v) is 11.7. The van der Waals surface area contributed by atoms with Gasteiger partial charge in [-0.3, -0.25) is 4.55 Å². The van der Waals surface area contributed by atoms with Gasteiger partial charge in [-0.05, 0) is 71.6 Å². The van der Waals surface area contributed by atoms with Gasteiger partial charge >= 0.3 is 60.8 Å². The second-order valence-electron chi connectivity index (χ2n) is 8.73. The molecular formula is C22H36BaO7S. The van der Waals surface area contributed by atoms with Gasteiger partial charge < -0.3 is 12.3 Å². The Hall–Kier alpha value is -0.359. The summed E-state index contributed by atoms with van der Waals surface area (Å²) in [6.45, 7) is 11.1. The van der Waals surface area contributed by atoms with Crippen molar-refractivity contribution in [2.45, 2.75) is 96.2 Å². The minimum atomic E-state index is -4.65. The van der Waals surface area contributed by atoms with Crippen LogP contribution in [0.4, 0.5) is 0 Å². The number of rotatable bonds is 11. The zero-order chi connectivity index (χ0) is 23.2. The molecule has 0 aliphatic heterocycles. The predicted molar refractivity (Wildman–Crippen MR) is 122 cm³/mol. The van der Waals surface area contributed by atoms with Crippen molar-refractivity contribution in [3.05, 3.63) is 29.3 Å². The average Bonchev–Trinajstić information content (AvgIpc) is 2.63. The Labute approximate surface area is 229 Å². The van der Waals surface area contributed by atoms with Gasteiger partial charge in [0, 0.05) is 0 Å². The molecule has 1 aromatic carbocycles. The second-order valence-corrected chi connectivity index (χ2v) is 10.1. The van der Waals surface area contributed by atoms with Crippen LogP contribution in [0.2, 0.25) is 0 Å². The topological polar surface area (TPSA) is 107 Å². The fraction of sp³-hybridized carbons (Fsp3) is 0.636. The number of benzene rings is 1. The number of unbranched alkanes of at least 4 members (excludes halogenated alkanes) is 2. The van der Waals surface area contributed by atoms with Gasteiger partial charge in [-0.1, -0.05) is 26.7 Å². The van der Waals surface area contributed by atoms with E-state index in [0.29, 0.717) is 12.8 Å². The van der Waals surface area contributed by atoms with Gasteiger partial charge in [0.2, 0.25) is 0 Å². The largest absolute Gasteiger partial charge is 2.00 e. The molecule has 1 N–H and O–H groups in total. The van der Waals surface area contributed by atoms with Gasteiger partial charge in [-0.25, -0.2) is 9.59 Å². The van der Waals surface area contributed by atoms with Crippen LogP contribution in [0.5, 0.6) is 0 Å². The molecule has 0 unspecified atom stereocenters. The Bertz CT molecular complexity index is 819. The SMILES string of the molecule is CCCCC(C)(C)OC(=O)c1cc(C(=O)OC(C)(C)CCCC)cc(S(=O)(=O)O)c1.[Ba+2].[H-].[H-]. The molecule has 0 aromatic heterocycles. The number of ether oxygens (including phenoxy) is 2. The Morgan fingerprint density at radius 2 is 1.23 bits per heavy atom. The molecule has 1 aromatic rings. The van der Waals surface area contributed by atoms with Crippen LogP contribution in [0.25, 0.3) is 0 Å². The van der Waals surface area contributed by atoms with Crippen LogP contribution in [0.1, 0.15) is 104 Å². The van der Waals surface area contributed by atoms with E-state index in [1.165, 1.54) is 6.07 Å². The van der Waals surface area contributed by atoms with Gasteiger partial charge in [0.1, 0.15) is 11.2 Å². The average molecular weight is 582 g/mol. The Morgan fingerprint density at radius 3 is 1.52 bits per heavy atom. The maximum Gasteiger partial charge on any atom is 2.00 e. The van der Waals surface area contributed by atoms with Crippen LogP contribution in [0.3, 0.4) is 0 Å².